The number of hydrogen-bond donors (Lipinski definition) is 1. The number of hydrogen-bond acceptors (Lipinski definition) is 2. The zero-order chi connectivity index (χ0) is 14.0. The maximum atomic E-state index is 6.24. The molecular formula is C14H14Cl3NS. The van der Waals surface area contributed by atoms with Crippen LogP contribution in [0.2, 0.25) is 15.1 Å². The molecule has 1 atom stereocenters. The molecular weight excluding hydrogens is 321 g/mol. The third-order valence-electron chi connectivity index (χ3n) is 2.82. The first-order chi connectivity index (χ1) is 9.02. The van der Waals surface area contributed by atoms with E-state index in [9.17, 15) is 0 Å². The van der Waals surface area contributed by atoms with Crippen molar-refractivity contribution in [3.63, 3.8) is 0 Å². The van der Waals surface area contributed by atoms with E-state index in [0.717, 1.165) is 17.0 Å². The molecule has 1 N–H and O–H groups in total. The average molecular weight is 335 g/mol. The van der Waals surface area contributed by atoms with Gasteiger partial charge in [0.05, 0.1) is 10.0 Å². The lowest BCUT2D eigenvalue weighted by atomic mass is 10.2. The fourth-order valence-electron chi connectivity index (χ4n) is 1.90. The molecule has 0 bridgehead atoms. The van der Waals surface area contributed by atoms with E-state index < -0.39 is 0 Å². The van der Waals surface area contributed by atoms with Crippen LogP contribution in [0.3, 0.4) is 0 Å². The topological polar surface area (TPSA) is 12.0 Å². The molecule has 0 radical (unpaired) electrons. The summed E-state index contributed by atoms with van der Waals surface area (Å²) >= 11 is 20.1. The van der Waals surface area contributed by atoms with Gasteiger partial charge in [0.1, 0.15) is 0 Å². The van der Waals surface area contributed by atoms with Crippen LogP contribution in [-0.4, -0.2) is 6.54 Å². The number of nitrogens with one attached hydrogen (secondary N) is 1. The van der Waals surface area contributed by atoms with Gasteiger partial charge in [-0.3, -0.25) is 0 Å². The highest BCUT2D eigenvalue weighted by Gasteiger charge is 2.14. The van der Waals surface area contributed by atoms with Crippen LogP contribution in [0, 0.1) is 0 Å². The van der Waals surface area contributed by atoms with Crippen molar-refractivity contribution in [3.8, 4) is 10.4 Å². The highest BCUT2D eigenvalue weighted by Crippen LogP contribution is 2.41. The van der Waals surface area contributed by atoms with Crippen molar-refractivity contribution in [1.29, 1.82) is 0 Å². The predicted molar refractivity (Wildman–Crippen MR) is 86.9 cm³/mol. The van der Waals surface area contributed by atoms with Crippen LogP contribution in [0.5, 0.6) is 0 Å². The summed E-state index contributed by atoms with van der Waals surface area (Å²) < 4.78 is 0. The Morgan fingerprint density at radius 1 is 1.16 bits per heavy atom. The number of thiophene rings is 1. The van der Waals surface area contributed by atoms with Crippen molar-refractivity contribution in [3.05, 3.63) is 44.2 Å². The maximum Gasteiger partial charge on any atom is 0.0522 e. The maximum absolute atomic E-state index is 6.24. The van der Waals surface area contributed by atoms with E-state index in [0.29, 0.717) is 21.1 Å². The van der Waals surface area contributed by atoms with Crippen LogP contribution in [0.4, 0.5) is 0 Å². The normalized spacial score (nSPS) is 12.7. The van der Waals surface area contributed by atoms with E-state index in [2.05, 4.69) is 31.3 Å². The molecule has 1 unspecified atom stereocenters. The molecule has 102 valence electrons. The van der Waals surface area contributed by atoms with Crippen molar-refractivity contribution < 1.29 is 0 Å². The molecule has 0 spiro atoms. The Morgan fingerprint density at radius 2 is 1.79 bits per heavy atom. The Balaban J connectivity index is 2.38. The Morgan fingerprint density at radius 3 is 2.37 bits per heavy atom. The molecule has 2 rings (SSSR count). The zero-order valence-corrected chi connectivity index (χ0v) is 13.7. The SMILES string of the molecule is CCNC(C)c1ccc(-c2c(Cl)cc(Cl)cc2Cl)s1. The molecule has 0 aliphatic rings. The van der Waals surface area contributed by atoms with E-state index in [1.54, 1.807) is 23.5 Å². The summed E-state index contributed by atoms with van der Waals surface area (Å²) in [5.41, 5.74) is 0.854. The number of benzene rings is 1. The third kappa shape index (κ3) is 3.45. The molecule has 0 saturated heterocycles. The highest BCUT2D eigenvalue weighted by molar-refractivity contribution is 7.15. The molecule has 1 heterocycles. The van der Waals surface area contributed by atoms with E-state index in [1.807, 2.05) is 0 Å². The van der Waals surface area contributed by atoms with Gasteiger partial charge in [0, 0.05) is 26.4 Å². The van der Waals surface area contributed by atoms with Gasteiger partial charge in [-0.15, -0.1) is 11.3 Å². The molecule has 0 aliphatic carbocycles. The quantitative estimate of drug-likeness (QED) is 0.718. The predicted octanol–water partition coefficient (Wildman–Crippen LogP) is 6.05. The molecule has 0 aliphatic heterocycles. The van der Waals surface area contributed by atoms with Gasteiger partial charge in [-0.2, -0.15) is 0 Å². The summed E-state index contributed by atoms with van der Waals surface area (Å²) in [5, 5.41) is 5.11. The highest BCUT2D eigenvalue weighted by atomic mass is 35.5. The molecule has 0 fully saturated rings. The van der Waals surface area contributed by atoms with E-state index in [-0.39, 0.29) is 0 Å². The lowest BCUT2D eigenvalue weighted by Gasteiger charge is -2.09. The summed E-state index contributed by atoms with van der Waals surface area (Å²) in [6.45, 7) is 5.18. The Bertz CT molecular complexity index is 557. The van der Waals surface area contributed by atoms with Crippen LogP contribution in [0.15, 0.2) is 24.3 Å². The molecule has 5 heteroatoms. The van der Waals surface area contributed by atoms with Crippen LogP contribution in [0.1, 0.15) is 24.8 Å². The fourth-order valence-corrected chi connectivity index (χ4v) is 4.15. The Kier molecular flexibility index (Phi) is 5.15. The van der Waals surface area contributed by atoms with Crippen LogP contribution < -0.4 is 5.32 Å². The largest absolute Gasteiger partial charge is 0.310 e. The molecule has 0 amide bonds. The van der Waals surface area contributed by atoms with Crippen molar-refractivity contribution in [1.82, 2.24) is 5.32 Å². The Labute approximate surface area is 132 Å². The van der Waals surface area contributed by atoms with E-state index in [4.69, 9.17) is 34.8 Å². The van der Waals surface area contributed by atoms with Crippen LogP contribution in [0.25, 0.3) is 10.4 Å². The van der Waals surface area contributed by atoms with E-state index >= 15 is 0 Å². The van der Waals surface area contributed by atoms with Crippen molar-refractivity contribution >= 4 is 46.1 Å². The summed E-state index contributed by atoms with van der Waals surface area (Å²) in [6, 6.07) is 7.92. The molecule has 1 aromatic carbocycles. The zero-order valence-electron chi connectivity index (χ0n) is 10.6. The second kappa shape index (κ2) is 6.47. The van der Waals surface area contributed by atoms with Gasteiger partial charge < -0.3 is 5.32 Å². The molecule has 0 saturated carbocycles. The number of rotatable bonds is 4. The second-order valence-electron chi connectivity index (χ2n) is 4.23. The molecule has 1 aromatic heterocycles. The summed E-state index contributed by atoms with van der Waals surface area (Å²) in [7, 11) is 0. The third-order valence-corrected chi connectivity index (χ3v) is 4.92. The summed E-state index contributed by atoms with van der Waals surface area (Å²) in [6.07, 6.45) is 0. The van der Waals surface area contributed by atoms with Gasteiger partial charge in [0.15, 0.2) is 0 Å². The van der Waals surface area contributed by atoms with Gasteiger partial charge in [-0.1, -0.05) is 41.7 Å². The molecule has 1 nitrogen and oxygen atoms in total. The van der Waals surface area contributed by atoms with Gasteiger partial charge in [-0.05, 0) is 37.7 Å². The number of halogens is 3. The second-order valence-corrected chi connectivity index (χ2v) is 6.59. The minimum absolute atomic E-state index is 0.327. The first kappa shape index (κ1) is 15.1. The van der Waals surface area contributed by atoms with Gasteiger partial charge >= 0.3 is 0 Å². The smallest absolute Gasteiger partial charge is 0.0522 e. The lowest BCUT2D eigenvalue weighted by molar-refractivity contribution is 0.607. The average Bonchev–Trinajstić information content (AvgIpc) is 2.77. The van der Waals surface area contributed by atoms with Crippen molar-refractivity contribution in [2.45, 2.75) is 19.9 Å². The summed E-state index contributed by atoms with van der Waals surface area (Å²) in [5.74, 6) is 0. The standard InChI is InChI=1S/C14H14Cl3NS/c1-3-18-8(2)12-4-5-13(19-12)14-10(16)6-9(15)7-11(14)17/h4-8,18H,3H2,1-2H3. The molecule has 2 aromatic rings. The van der Waals surface area contributed by atoms with Gasteiger partial charge in [-0.25, -0.2) is 0 Å². The van der Waals surface area contributed by atoms with Crippen molar-refractivity contribution in [2.75, 3.05) is 6.54 Å². The van der Waals surface area contributed by atoms with Crippen LogP contribution in [-0.2, 0) is 0 Å². The van der Waals surface area contributed by atoms with Crippen LogP contribution >= 0.6 is 46.1 Å². The first-order valence-electron chi connectivity index (χ1n) is 6.01. The lowest BCUT2D eigenvalue weighted by Crippen LogP contribution is -2.16. The summed E-state index contributed by atoms with van der Waals surface area (Å²) in [4.78, 5) is 2.32. The fraction of sp³-hybridized carbons (Fsp3) is 0.286. The molecule has 19 heavy (non-hydrogen) atoms. The monoisotopic (exact) mass is 333 g/mol. The van der Waals surface area contributed by atoms with Gasteiger partial charge in [0.2, 0.25) is 0 Å². The first-order valence-corrected chi connectivity index (χ1v) is 7.96. The Hall–Kier alpha value is -0.250. The van der Waals surface area contributed by atoms with E-state index in [1.165, 1.54) is 4.88 Å². The van der Waals surface area contributed by atoms with Gasteiger partial charge in [0.25, 0.3) is 0 Å². The van der Waals surface area contributed by atoms with Crippen molar-refractivity contribution in [2.24, 2.45) is 0 Å². The minimum Gasteiger partial charge on any atom is -0.310 e. The minimum atomic E-state index is 0.327.